The minimum absolute atomic E-state index is 0.975. The summed E-state index contributed by atoms with van der Waals surface area (Å²) in [6, 6.07) is 0. The molecule has 0 saturated heterocycles. The highest BCUT2D eigenvalue weighted by Crippen LogP contribution is 2.24. The molecule has 1 unspecified atom stereocenters. The van der Waals surface area contributed by atoms with E-state index in [4.69, 9.17) is 5.11 Å². The molecule has 0 bridgehead atoms. The van der Waals surface area contributed by atoms with Gasteiger partial charge >= 0.3 is 5.51 Å². The van der Waals surface area contributed by atoms with Crippen LogP contribution in [0.1, 0.15) is 6.92 Å². The van der Waals surface area contributed by atoms with Crippen LogP contribution in [0.3, 0.4) is 0 Å². The molecule has 0 aromatic heterocycles. The number of aliphatic hydroxyl groups is 1. The zero-order valence-electron chi connectivity index (χ0n) is 5.59. The first-order valence-electron chi connectivity index (χ1n) is 2.64. The summed E-state index contributed by atoms with van der Waals surface area (Å²) in [4.78, 5) is 0. The highest BCUT2D eigenvalue weighted by molar-refractivity contribution is 7.92. The maximum Gasteiger partial charge on any atom is 0.497 e. The molecule has 0 radical (unpaired) electrons. The molecule has 0 fully saturated rings. The second kappa shape index (κ2) is 2.98. The fraction of sp³-hybridized carbons (Fsp3) is 1.00. The lowest BCUT2D eigenvalue weighted by atomic mass is 10.5. The molecule has 0 amide bonds. The highest BCUT2D eigenvalue weighted by Gasteiger charge is 2.45. The van der Waals surface area contributed by atoms with Gasteiger partial charge in [0.15, 0.2) is 0 Å². The summed E-state index contributed by atoms with van der Waals surface area (Å²) in [6.45, 7) is 0.975. The van der Waals surface area contributed by atoms with Crippen LogP contribution in [0.4, 0.5) is 13.2 Å². The first-order valence-corrected chi connectivity index (χ1v) is 4.29. The van der Waals surface area contributed by atoms with Crippen LogP contribution in [0.2, 0.25) is 0 Å². The van der Waals surface area contributed by atoms with E-state index in [1.807, 2.05) is 0 Å². The Balaban J connectivity index is 4.51. The van der Waals surface area contributed by atoms with Gasteiger partial charge in [-0.15, -0.1) is 0 Å². The van der Waals surface area contributed by atoms with Crippen LogP contribution in [-0.2, 0) is 9.84 Å². The minimum Gasteiger partial charge on any atom is -0.392 e. The Morgan fingerprint density at radius 3 is 1.91 bits per heavy atom. The third kappa shape index (κ3) is 3.06. The van der Waals surface area contributed by atoms with Crippen LogP contribution >= 0.6 is 0 Å². The summed E-state index contributed by atoms with van der Waals surface area (Å²) < 4.78 is 54.8. The molecule has 0 aromatic rings. The monoisotopic (exact) mass is 192 g/mol. The standard InChI is InChI=1S/C4H7F3O3S/c1-3(8)2-11(9,10)4(5,6)7/h3,8H,2H2,1H3. The number of rotatable bonds is 2. The van der Waals surface area contributed by atoms with Gasteiger partial charge in [0.1, 0.15) is 0 Å². The van der Waals surface area contributed by atoms with Crippen molar-refractivity contribution in [3.8, 4) is 0 Å². The Labute approximate surface area is 61.8 Å². The van der Waals surface area contributed by atoms with Crippen LogP contribution in [0, 0.1) is 0 Å². The molecular formula is C4H7F3O3S. The molecule has 0 rings (SSSR count). The van der Waals surface area contributed by atoms with Gasteiger partial charge < -0.3 is 5.11 Å². The van der Waals surface area contributed by atoms with Crippen molar-refractivity contribution in [3.05, 3.63) is 0 Å². The molecule has 0 spiro atoms. The number of halogens is 3. The van der Waals surface area contributed by atoms with E-state index in [1.54, 1.807) is 0 Å². The van der Waals surface area contributed by atoms with Crippen molar-refractivity contribution in [3.63, 3.8) is 0 Å². The lowest BCUT2D eigenvalue weighted by Crippen LogP contribution is -2.30. The molecule has 68 valence electrons. The fourth-order valence-corrected chi connectivity index (χ4v) is 1.24. The lowest BCUT2D eigenvalue weighted by molar-refractivity contribution is -0.0442. The van der Waals surface area contributed by atoms with E-state index < -0.39 is 27.2 Å². The SMILES string of the molecule is CC(O)CS(=O)(=O)C(F)(F)F. The normalized spacial score (nSPS) is 16.5. The number of hydrogen-bond acceptors (Lipinski definition) is 3. The molecule has 0 heterocycles. The van der Waals surface area contributed by atoms with Crippen LogP contribution in [0.5, 0.6) is 0 Å². The van der Waals surface area contributed by atoms with Gasteiger partial charge in [-0.25, -0.2) is 8.42 Å². The average Bonchev–Trinajstić information content (AvgIpc) is 1.56. The van der Waals surface area contributed by atoms with Crippen LogP contribution in [-0.4, -0.2) is 30.9 Å². The van der Waals surface area contributed by atoms with E-state index in [1.165, 1.54) is 0 Å². The molecule has 11 heavy (non-hydrogen) atoms. The third-order valence-corrected chi connectivity index (χ3v) is 2.44. The van der Waals surface area contributed by atoms with Crippen LogP contribution in [0.15, 0.2) is 0 Å². The summed E-state index contributed by atoms with van der Waals surface area (Å²) in [6.07, 6.45) is -1.50. The van der Waals surface area contributed by atoms with Crippen LogP contribution < -0.4 is 0 Å². The zero-order chi connectivity index (χ0) is 9.28. The van der Waals surface area contributed by atoms with Gasteiger partial charge in [-0.05, 0) is 6.92 Å². The summed E-state index contributed by atoms with van der Waals surface area (Å²) in [5.74, 6) is -1.28. The molecular weight excluding hydrogens is 185 g/mol. The van der Waals surface area contributed by atoms with Gasteiger partial charge in [-0.1, -0.05) is 0 Å². The Morgan fingerprint density at radius 1 is 1.45 bits per heavy atom. The third-order valence-electron chi connectivity index (χ3n) is 0.813. The highest BCUT2D eigenvalue weighted by atomic mass is 32.2. The second-order valence-corrected chi connectivity index (χ2v) is 4.10. The van der Waals surface area contributed by atoms with Gasteiger partial charge in [-0.2, -0.15) is 13.2 Å². The zero-order valence-corrected chi connectivity index (χ0v) is 6.41. The Hall–Kier alpha value is -0.300. The van der Waals surface area contributed by atoms with Crippen molar-refractivity contribution in [2.45, 2.75) is 18.5 Å². The topological polar surface area (TPSA) is 54.4 Å². The van der Waals surface area contributed by atoms with E-state index in [9.17, 15) is 21.6 Å². The number of alkyl halides is 3. The van der Waals surface area contributed by atoms with E-state index >= 15 is 0 Å². The van der Waals surface area contributed by atoms with Crippen molar-refractivity contribution in [2.24, 2.45) is 0 Å². The quantitative estimate of drug-likeness (QED) is 0.684. The largest absolute Gasteiger partial charge is 0.497 e. The van der Waals surface area contributed by atoms with E-state index in [-0.39, 0.29) is 0 Å². The van der Waals surface area contributed by atoms with Gasteiger partial charge in [0.25, 0.3) is 0 Å². The summed E-state index contributed by atoms with van der Waals surface area (Å²) in [7, 11) is -5.15. The van der Waals surface area contributed by atoms with Crippen molar-refractivity contribution >= 4 is 9.84 Å². The average molecular weight is 192 g/mol. The predicted molar refractivity (Wildman–Crippen MR) is 31.5 cm³/mol. The Morgan fingerprint density at radius 2 is 1.82 bits per heavy atom. The van der Waals surface area contributed by atoms with Crippen molar-refractivity contribution in [1.29, 1.82) is 0 Å². The van der Waals surface area contributed by atoms with Gasteiger partial charge in [-0.3, -0.25) is 0 Å². The first kappa shape index (κ1) is 10.7. The molecule has 0 saturated carbocycles. The van der Waals surface area contributed by atoms with Crippen molar-refractivity contribution in [1.82, 2.24) is 0 Å². The van der Waals surface area contributed by atoms with Crippen molar-refractivity contribution in [2.75, 3.05) is 5.75 Å². The Bertz CT molecular complexity index is 215. The lowest BCUT2D eigenvalue weighted by Gasteiger charge is -2.08. The Kier molecular flexibility index (Phi) is 2.90. The molecule has 0 aliphatic heterocycles. The smallest absolute Gasteiger partial charge is 0.392 e. The minimum atomic E-state index is -5.26. The molecule has 0 aromatic carbocycles. The number of aliphatic hydroxyl groups excluding tert-OH is 1. The maximum absolute atomic E-state index is 11.5. The van der Waals surface area contributed by atoms with Crippen LogP contribution in [0.25, 0.3) is 0 Å². The van der Waals surface area contributed by atoms with Gasteiger partial charge in [0.2, 0.25) is 9.84 Å². The van der Waals surface area contributed by atoms with Crippen molar-refractivity contribution < 1.29 is 26.7 Å². The summed E-state index contributed by atoms with van der Waals surface area (Å²) in [5.41, 5.74) is -5.26. The fourth-order valence-electron chi connectivity index (χ4n) is 0.412. The molecule has 1 atom stereocenters. The molecule has 3 nitrogen and oxygen atoms in total. The van der Waals surface area contributed by atoms with E-state index in [0.29, 0.717) is 0 Å². The summed E-state index contributed by atoms with van der Waals surface area (Å²) in [5, 5.41) is 8.37. The van der Waals surface area contributed by atoms with Gasteiger partial charge in [0, 0.05) is 0 Å². The maximum atomic E-state index is 11.5. The molecule has 7 heteroatoms. The number of sulfone groups is 1. The molecule has 1 N–H and O–H groups in total. The number of hydrogen-bond donors (Lipinski definition) is 1. The second-order valence-electron chi connectivity index (χ2n) is 2.08. The van der Waals surface area contributed by atoms with E-state index in [0.717, 1.165) is 6.92 Å². The van der Waals surface area contributed by atoms with E-state index in [2.05, 4.69) is 0 Å². The first-order chi connectivity index (χ1) is 4.67. The molecule has 0 aliphatic rings. The van der Waals surface area contributed by atoms with Gasteiger partial charge in [0.05, 0.1) is 11.9 Å². The summed E-state index contributed by atoms with van der Waals surface area (Å²) >= 11 is 0. The predicted octanol–water partition coefficient (Wildman–Crippen LogP) is 0.302. The molecule has 0 aliphatic carbocycles.